The van der Waals surface area contributed by atoms with Gasteiger partial charge >= 0.3 is 0 Å². The Hall–Kier alpha value is -3.21. The number of nitrogens with zero attached hydrogens (tertiary/aromatic N) is 4. The van der Waals surface area contributed by atoms with Crippen LogP contribution in [0, 0.1) is 0 Å². The standard InChI is InChI=1S/C17H12N4O/c1-2-4-14(5-3-1)22-17-7-6-16-19-12-15(21(16)20-17)13-8-10-18-11-9-13/h1-12H. The molecule has 0 bridgehead atoms. The molecule has 0 radical (unpaired) electrons. The quantitative estimate of drug-likeness (QED) is 0.578. The van der Waals surface area contributed by atoms with Crippen LogP contribution >= 0.6 is 0 Å². The maximum Gasteiger partial charge on any atom is 0.237 e. The molecule has 22 heavy (non-hydrogen) atoms. The molecule has 4 aromatic rings. The molecule has 0 atom stereocenters. The summed E-state index contributed by atoms with van der Waals surface area (Å²) < 4.78 is 7.55. The minimum atomic E-state index is 0.520. The van der Waals surface area contributed by atoms with Gasteiger partial charge in [0.2, 0.25) is 5.88 Å². The highest BCUT2D eigenvalue weighted by Crippen LogP contribution is 2.23. The number of ether oxygens (including phenoxy) is 1. The molecular formula is C17H12N4O. The van der Waals surface area contributed by atoms with Crippen LogP contribution < -0.4 is 4.74 Å². The molecule has 0 aliphatic heterocycles. The van der Waals surface area contributed by atoms with Gasteiger partial charge in [-0.15, -0.1) is 5.10 Å². The van der Waals surface area contributed by atoms with Gasteiger partial charge in [-0.05, 0) is 30.3 Å². The molecule has 3 heterocycles. The summed E-state index contributed by atoms with van der Waals surface area (Å²) in [5, 5.41) is 4.52. The fourth-order valence-corrected chi connectivity index (χ4v) is 2.24. The Morgan fingerprint density at radius 2 is 1.68 bits per heavy atom. The van der Waals surface area contributed by atoms with Crippen molar-refractivity contribution in [1.82, 2.24) is 19.6 Å². The fourth-order valence-electron chi connectivity index (χ4n) is 2.24. The van der Waals surface area contributed by atoms with E-state index in [0.717, 1.165) is 22.7 Å². The highest BCUT2D eigenvalue weighted by Gasteiger charge is 2.08. The third-order valence-electron chi connectivity index (χ3n) is 3.28. The maximum atomic E-state index is 5.77. The van der Waals surface area contributed by atoms with Crippen molar-refractivity contribution in [3.8, 4) is 22.9 Å². The number of hydrogen-bond donors (Lipinski definition) is 0. The van der Waals surface area contributed by atoms with Gasteiger partial charge in [-0.3, -0.25) is 4.98 Å². The Bertz CT molecular complexity index is 904. The smallest absolute Gasteiger partial charge is 0.237 e. The van der Waals surface area contributed by atoms with Crippen molar-refractivity contribution < 1.29 is 4.74 Å². The minimum Gasteiger partial charge on any atom is -0.438 e. The molecular weight excluding hydrogens is 276 g/mol. The van der Waals surface area contributed by atoms with Gasteiger partial charge in [-0.2, -0.15) is 0 Å². The SMILES string of the molecule is c1ccc(Oc2ccc3ncc(-c4ccncc4)n3n2)cc1. The molecule has 1 aromatic carbocycles. The van der Waals surface area contributed by atoms with Gasteiger partial charge in [0, 0.05) is 24.0 Å². The fraction of sp³-hybridized carbons (Fsp3) is 0. The van der Waals surface area contributed by atoms with Gasteiger partial charge in [0.25, 0.3) is 0 Å². The van der Waals surface area contributed by atoms with Gasteiger partial charge in [0.1, 0.15) is 5.75 Å². The third-order valence-corrected chi connectivity index (χ3v) is 3.28. The van der Waals surface area contributed by atoms with Crippen LogP contribution in [0.15, 0.2) is 73.2 Å². The molecule has 0 fully saturated rings. The lowest BCUT2D eigenvalue weighted by Crippen LogP contribution is -1.97. The molecule has 106 valence electrons. The van der Waals surface area contributed by atoms with Gasteiger partial charge in [-0.25, -0.2) is 9.50 Å². The highest BCUT2D eigenvalue weighted by molar-refractivity contribution is 5.62. The Labute approximate surface area is 126 Å². The average molecular weight is 288 g/mol. The van der Waals surface area contributed by atoms with Crippen LogP contribution in [0.1, 0.15) is 0 Å². The molecule has 0 unspecified atom stereocenters. The zero-order valence-corrected chi connectivity index (χ0v) is 11.6. The van der Waals surface area contributed by atoms with Crippen molar-refractivity contribution in [1.29, 1.82) is 0 Å². The van der Waals surface area contributed by atoms with Crippen molar-refractivity contribution in [2.75, 3.05) is 0 Å². The first kappa shape index (κ1) is 12.5. The van der Waals surface area contributed by atoms with Crippen LogP contribution in [0.3, 0.4) is 0 Å². The van der Waals surface area contributed by atoms with Gasteiger partial charge in [0.15, 0.2) is 5.65 Å². The number of imidazole rings is 1. The lowest BCUT2D eigenvalue weighted by Gasteiger charge is -2.06. The Morgan fingerprint density at radius 1 is 0.864 bits per heavy atom. The van der Waals surface area contributed by atoms with Crippen molar-refractivity contribution in [2.45, 2.75) is 0 Å². The van der Waals surface area contributed by atoms with E-state index in [9.17, 15) is 0 Å². The monoisotopic (exact) mass is 288 g/mol. The second-order valence-electron chi connectivity index (χ2n) is 4.74. The first-order valence-corrected chi connectivity index (χ1v) is 6.88. The van der Waals surface area contributed by atoms with E-state index in [1.165, 1.54) is 0 Å². The summed E-state index contributed by atoms with van der Waals surface area (Å²) in [6.07, 6.45) is 5.29. The molecule has 0 saturated carbocycles. The van der Waals surface area contributed by atoms with Crippen molar-refractivity contribution in [3.05, 3.63) is 73.2 Å². The predicted octanol–water partition coefficient (Wildman–Crippen LogP) is 3.58. The predicted molar refractivity (Wildman–Crippen MR) is 82.7 cm³/mol. The molecule has 5 nitrogen and oxygen atoms in total. The topological polar surface area (TPSA) is 52.3 Å². The molecule has 4 rings (SSSR count). The van der Waals surface area contributed by atoms with E-state index < -0.39 is 0 Å². The van der Waals surface area contributed by atoms with Crippen molar-refractivity contribution in [3.63, 3.8) is 0 Å². The minimum absolute atomic E-state index is 0.520. The number of hydrogen-bond acceptors (Lipinski definition) is 4. The first-order valence-electron chi connectivity index (χ1n) is 6.88. The summed E-state index contributed by atoms with van der Waals surface area (Å²) in [5.41, 5.74) is 2.68. The van der Waals surface area contributed by atoms with E-state index >= 15 is 0 Å². The first-order chi connectivity index (χ1) is 10.9. The molecule has 0 aliphatic carbocycles. The van der Waals surface area contributed by atoms with E-state index in [0.29, 0.717) is 5.88 Å². The molecule has 3 aromatic heterocycles. The van der Waals surface area contributed by atoms with Crippen molar-refractivity contribution in [2.24, 2.45) is 0 Å². The Balaban J connectivity index is 1.77. The van der Waals surface area contributed by atoms with Gasteiger partial charge in [0.05, 0.1) is 11.9 Å². The second-order valence-corrected chi connectivity index (χ2v) is 4.74. The lowest BCUT2D eigenvalue weighted by molar-refractivity contribution is 0.453. The number of pyridine rings is 1. The van der Waals surface area contributed by atoms with Crippen molar-refractivity contribution >= 4 is 5.65 Å². The van der Waals surface area contributed by atoms with E-state index in [4.69, 9.17) is 4.74 Å². The van der Waals surface area contributed by atoms with Crippen LogP contribution in [-0.2, 0) is 0 Å². The van der Waals surface area contributed by atoms with Gasteiger partial charge < -0.3 is 4.74 Å². The summed E-state index contributed by atoms with van der Waals surface area (Å²) in [7, 11) is 0. The van der Waals surface area contributed by atoms with E-state index in [1.807, 2.05) is 54.6 Å². The Morgan fingerprint density at radius 3 is 2.50 bits per heavy atom. The number of aromatic nitrogens is 4. The summed E-state index contributed by atoms with van der Waals surface area (Å²) >= 11 is 0. The summed E-state index contributed by atoms with van der Waals surface area (Å²) in [5.74, 6) is 1.27. The van der Waals surface area contributed by atoms with Crippen LogP contribution in [0.4, 0.5) is 0 Å². The zero-order chi connectivity index (χ0) is 14.8. The van der Waals surface area contributed by atoms with Crippen LogP contribution in [0.25, 0.3) is 16.9 Å². The number of benzene rings is 1. The van der Waals surface area contributed by atoms with Crippen LogP contribution in [-0.4, -0.2) is 19.6 Å². The van der Waals surface area contributed by atoms with E-state index in [-0.39, 0.29) is 0 Å². The molecule has 0 N–H and O–H groups in total. The average Bonchev–Trinajstić information content (AvgIpc) is 3.00. The van der Waals surface area contributed by atoms with E-state index in [1.54, 1.807) is 23.1 Å². The number of fused-ring (bicyclic) bond motifs is 1. The summed E-state index contributed by atoms with van der Waals surface area (Å²) in [6.45, 7) is 0. The molecule has 5 heteroatoms. The van der Waals surface area contributed by atoms with E-state index in [2.05, 4.69) is 15.1 Å². The van der Waals surface area contributed by atoms with Gasteiger partial charge in [-0.1, -0.05) is 18.2 Å². The maximum absolute atomic E-state index is 5.77. The van der Waals surface area contributed by atoms with Crippen LogP contribution in [0.2, 0.25) is 0 Å². The molecule has 0 saturated heterocycles. The second kappa shape index (κ2) is 5.29. The lowest BCUT2D eigenvalue weighted by atomic mass is 10.2. The summed E-state index contributed by atoms with van der Waals surface area (Å²) in [4.78, 5) is 8.40. The Kier molecular flexibility index (Phi) is 3.01. The van der Waals surface area contributed by atoms with Crippen LogP contribution in [0.5, 0.6) is 11.6 Å². The summed E-state index contributed by atoms with van der Waals surface area (Å²) in [6, 6.07) is 17.1. The normalized spacial score (nSPS) is 10.7. The number of para-hydroxylation sites is 1. The molecule has 0 amide bonds. The molecule has 0 aliphatic rings. The highest BCUT2D eigenvalue weighted by atomic mass is 16.5. The largest absolute Gasteiger partial charge is 0.438 e. The third kappa shape index (κ3) is 2.29. The molecule has 0 spiro atoms. The number of rotatable bonds is 3. The zero-order valence-electron chi connectivity index (χ0n) is 11.6.